The van der Waals surface area contributed by atoms with E-state index in [1.54, 1.807) is 13.8 Å². The Bertz CT molecular complexity index is 496. The third-order valence-electron chi connectivity index (χ3n) is 5.62. The topological polar surface area (TPSA) is 78.9 Å². The minimum absolute atomic E-state index is 0.0573. The molecule has 6 nitrogen and oxygen atoms in total. The molecule has 0 spiro atoms. The molecule has 0 saturated heterocycles. The van der Waals surface area contributed by atoms with E-state index in [2.05, 4.69) is 6.92 Å². The van der Waals surface area contributed by atoms with Crippen molar-refractivity contribution in [2.45, 2.75) is 59.5 Å². The van der Waals surface area contributed by atoms with Crippen LogP contribution in [0.5, 0.6) is 0 Å². The van der Waals surface area contributed by atoms with E-state index in [-0.39, 0.29) is 6.10 Å². The maximum absolute atomic E-state index is 11.9. The van der Waals surface area contributed by atoms with E-state index in [0.29, 0.717) is 24.2 Å². The van der Waals surface area contributed by atoms with Crippen LogP contribution in [0.1, 0.15) is 53.4 Å². The Kier molecular flexibility index (Phi) is 5.88. The summed E-state index contributed by atoms with van der Waals surface area (Å²) in [5.41, 5.74) is -0.642. The van der Waals surface area contributed by atoms with Gasteiger partial charge >= 0.3 is 17.9 Å². The lowest BCUT2D eigenvalue weighted by molar-refractivity contribution is -0.171. The van der Waals surface area contributed by atoms with Gasteiger partial charge in [-0.25, -0.2) is 9.59 Å². The molecule has 136 valence electrons. The van der Waals surface area contributed by atoms with E-state index in [1.807, 2.05) is 6.92 Å². The van der Waals surface area contributed by atoms with Crippen LogP contribution < -0.4 is 0 Å². The van der Waals surface area contributed by atoms with Gasteiger partial charge in [-0.15, -0.1) is 0 Å². The van der Waals surface area contributed by atoms with Crippen molar-refractivity contribution in [3.05, 3.63) is 0 Å². The van der Waals surface area contributed by atoms with Crippen LogP contribution in [0.25, 0.3) is 0 Å². The van der Waals surface area contributed by atoms with Gasteiger partial charge in [-0.1, -0.05) is 13.8 Å². The van der Waals surface area contributed by atoms with Gasteiger partial charge in [-0.3, -0.25) is 4.79 Å². The van der Waals surface area contributed by atoms with E-state index in [9.17, 15) is 14.4 Å². The van der Waals surface area contributed by atoms with Gasteiger partial charge in [0.25, 0.3) is 0 Å². The third-order valence-corrected chi connectivity index (χ3v) is 5.62. The lowest BCUT2D eigenvalue weighted by Crippen LogP contribution is -2.33. The van der Waals surface area contributed by atoms with Gasteiger partial charge in [0.2, 0.25) is 0 Å². The molecule has 4 atom stereocenters. The van der Waals surface area contributed by atoms with E-state index in [0.717, 1.165) is 12.8 Å². The van der Waals surface area contributed by atoms with Crippen molar-refractivity contribution in [3.63, 3.8) is 0 Å². The second kappa shape index (κ2) is 7.53. The summed E-state index contributed by atoms with van der Waals surface area (Å²) in [6, 6.07) is 0. The van der Waals surface area contributed by atoms with Gasteiger partial charge in [0.05, 0.1) is 5.41 Å². The molecule has 2 fully saturated rings. The van der Waals surface area contributed by atoms with Crippen molar-refractivity contribution in [2.75, 3.05) is 13.2 Å². The monoisotopic (exact) mass is 340 g/mol. The largest absolute Gasteiger partial charge is 0.459 e. The van der Waals surface area contributed by atoms with Gasteiger partial charge in [0, 0.05) is 0 Å². The fraction of sp³-hybridized carbons (Fsp3) is 0.833. The van der Waals surface area contributed by atoms with Crippen LogP contribution in [0.15, 0.2) is 0 Å². The zero-order chi connectivity index (χ0) is 17.9. The third kappa shape index (κ3) is 4.28. The molecular weight excluding hydrogens is 312 g/mol. The summed E-state index contributed by atoms with van der Waals surface area (Å²) in [5.74, 6) is -0.263. The van der Waals surface area contributed by atoms with E-state index >= 15 is 0 Å². The summed E-state index contributed by atoms with van der Waals surface area (Å²) in [4.78, 5) is 35.2. The predicted octanol–water partition coefficient (Wildman–Crippen LogP) is 2.49. The number of hydrogen-bond acceptors (Lipinski definition) is 6. The molecule has 0 aromatic rings. The summed E-state index contributed by atoms with van der Waals surface area (Å²) in [6.45, 7) is 6.55. The lowest BCUT2D eigenvalue weighted by atomic mass is 9.88. The molecule has 2 rings (SSSR count). The minimum atomic E-state index is -0.742. The summed E-state index contributed by atoms with van der Waals surface area (Å²) in [7, 11) is 0. The first-order valence-corrected chi connectivity index (χ1v) is 8.77. The zero-order valence-corrected chi connectivity index (χ0v) is 15.0. The van der Waals surface area contributed by atoms with Crippen LogP contribution >= 0.6 is 0 Å². The Hall–Kier alpha value is -1.59. The first-order chi connectivity index (χ1) is 11.2. The summed E-state index contributed by atoms with van der Waals surface area (Å²) in [6.07, 6.45) is 4.00. The maximum atomic E-state index is 11.9. The number of ether oxygens (including phenoxy) is 3. The Balaban J connectivity index is 1.67. The van der Waals surface area contributed by atoms with Crippen LogP contribution in [0.2, 0.25) is 0 Å². The van der Waals surface area contributed by atoms with Gasteiger partial charge in [0.15, 0.2) is 13.2 Å². The number of esters is 3. The van der Waals surface area contributed by atoms with Gasteiger partial charge in [0.1, 0.15) is 6.10 Å². The minimum Gasteiger partial charge on any atom is -0.459 e. The number of carbonyl (C=O) groups is 3. The second-order valence-electron chi connectivity index (χ2n) is 7.62. The number of rotatable bonds is 7. The molecule has 24 heavy (non-hydrogen) atoms. The summed E-state index contributed by atoms with van der Waals surface area (Å²) in [5, 5.41) is 0. The number of carbonyl (C=O) groups excluding carboxylic acids is 3. The van der Waals surface area contributed by atoms with Gasteiger partial charge in [-0.05, 0) is 57.3 Å². The highest BCUT2D eigenvalue weighted by molar-refractivity contribution is 5.81. The molecule has 2 aliphatic carbocycles. The number of hydrogen-bond donors (Lipinski definition) is 0. The molecule has 2 saturated carbocycles. The van der Waals surface area contributed by atoms with Crippen LogP contribution in [-0.2, 0) is 28.6 Å². The molecule has 2 bridgehead atoms. The van der Waals surface area contributed by atoms with Gasteiger partial charge in [-0.2, -0.15) is 0 Å². The second-order valence-corrected chi connectivity index (χ2v) is 7.62. The zero-order valence-electron chi connectivity index (χ0n) is 15.0. The Morgan fingerprint density at radius 2 is 1.62 bits per heavy atom. The van der Waals surface area contributed by atoms with Crippen LogP contribution in [0.3, 0.4) is 0 Å². The van der Waals surface area contributed by atoms with Crippen molar-refractivity contribution >= 4 is 17.9 Å². The highest BCUT2D eigenvalue weighted by Crippen LogP contribution is 2.49. The van der Waals surface area contributed by atoms with E-state index in [4.69, 9.17) is 14.2 Å². The Morgan fingerprint density at radius 1 is 1.00 bits per heavy atom. The first-order valence-electron chi connectivity index (χ1n) is 8.77. The fourth-order valence-electron chi connectivity index (χ4n) is 3.56. The standard InChI is InChI=1S/C18H28O6/c1-5-18(3,4)17(21)23-9-14(19)22-10-15(20)24-16-11(2)12-6-7-13(16)8-12/h11-13,16H,5-10H2,1-4H3. The summed E-state index contributed by atoms with van der Waals surface area (Å²) < 4.78 is 15.2. The molecular formula is C18H28O6. The van der Waals surface area contributed by atoms with Crippen LogP contribution in [0, 0.1) is 23.2 Å². The summed E-state index contributed by atoms with van der Waals surface area (Å²) >= 11 is 0. The van der Waals surface area contributed by atoms with Crippen LogP contribution in [0.4, 0.5) is 0 Å². The lowest BCUT2D eigenvalue weighted by Gasteiger charge is -2.27. The molecule has 4 unspecified atom stereocenters. The van der Waals surface area contributed by atoms with Gasteiger partial charge < -0.3 is 14.2 Å². The quantitative estimate of drug-likeness (QED) is 0.523. The molecule has 0 aliphatic heterocycles. The molecule has 0 radical (unpaired) electrons. The number of fused-ring (bicyclic) bond motifs is 2. The first kappa shape index (κ1) is 18.7. The maximum Gasteiger partial charge on any atom is 0.344 e. The molecule has 0 heterocycles. The van der Waals surface area contributed by atoms with E-state index in [1.165, 1.54) is 6.42 Å². The SMILES string of the molecule is CCC(C)(C)C(=O)OCC(=O)OCC(=O)OC1C2CCC(C2)C1C. The Labute approximate surface area is 143 Å². The van der Waals surface area contributed by atoms with Crippen LogP contribution in [-0.4, -0.2) is 37.2 Å². The molecule has 0 aromatic carbocycles. The molecule has 6 heteroatoms. The van der Waals surface area contributed by atoms with Crippen molar-refractivity contribution in [1.82, 2.24) is 0 Å². The smallest absolute Gasteiger partial charge is 0.344 e. The normalized spacial score (nSPS) is 28.5. The van der Waals surface area contributed by atoms with Crippen molar-refractivity contribution in [1.29, 1.82) is 0 Å². The highest BCUT2D eigenvalue weighted by Gasteiger charge is 2.47. The average molecular weight is 340 g/mol. The predicted molar refractivity (Wildman–Crippen MR) is 85.9 cm³/mol. The highest BCUT2D eigenvalue weighted by atomic mass is 16.6. The molecule has 0 N–H and O–H groups in total. The molecule has 0 amide bonds. The van der Waals surface area contributed by atoms with E-state index < -0.39 is 36.5 Å². The molecule has 0 aromatic heterocycles. The van der Waals surface area contributed by atoms with Crippen molar-refractivity contribution in [2.24, 2.45) is 23.2 Å². The van der Waals surface area contributed by atoms with Crippen molar-refractivity contribution in [3.8, 4) is 0 Å². The molecule has 2 aliphatic rings. The van der Waals surface area contributed by atoms with Crippen molar-refractivity contribution < 1.29 is 28.6 Å². The Morgan fingerprint density at radius 3 is 2.21 bits per heavy atom. The average Bonchev–Trinajstić information content (AvgIpc) is 3.13. The fourth-order valence-corrected chi connectivity index (χ4v) is 3.56.